The van der Waals surface area contributed by atoms with Gasteiger partial charge >= 0.3 is 0 Å². The van der Waals surface area contributed by atoms with Crippen LogP contribution < -0.4 is 21.8 Å². The highest BCUT2D eigenvalue weighted by atomic mass is 32.2. The molecule has 0 aliphatic heterocycles. The molecule has 0 bridgehead atoms. The largest absolute Gasteiger partial charge is 0.507 e. The van der Waals surface area contributed by atoms with Gasteiger partial charge in [0.25, 0.3) is 0 Å². The van der Waals surface area contributed by atoms with Gasteiger partial charge in [-0.25, -0.2) is 4.52 Å². The van der Waals surface area contributed by atoms with Crippen molar-refractivity contribution in [1.29, 1.82) is 0 Å². The van der Waals surface area contributed by atoms with E-state index in [1.54, 1.807) is 28.4 Å². The van der Waals surface area contributed by atoms with E-state index in [9.17, 15) is 9.90 Å². The standard InChI is InChI=1S/C21H25N5O3S/c22-6-7-24-14-5-4-13-15(12-23-8-10-30-11-9-27)25-26-16-2-1-3-17(28)19(16)21(29)18(14)20(13)26/h1-5,23-24,27-28H,6-12,22H2. The summed E-state index contributed by atoms with van der Waals surface area (Å²) in [5.41, 5.74) is 8.26. The fraction of sp³-hybridized carbons (Fsp3) is 0.333. The van der Waals surface area contributed by atoms with E-state index in [1.807, 2.05) is 12.1 Å². The molecule has 0 radical (unpaired) electrons. The number of aliphatic hydroxyl groups excluding tert-OH is 1. The maximum atomic E-state index is 13.4. The molecule has 0 fully saturated rings. The molecule has 0 unspecified atom stereocenters. The predicted octanol–water partition coefficient (Wildman–Crippen LogP) is 1.33. The zero-order valence-electron chi connectivity index (χ0n) is 16.5. The Kier molecular flexibility index (Phi) is 6.24. The van der Waals surface area contributed by atoms with Crippen molar-refractivity contribution in [3.8, 4) is 5.75 Å². The van der Waals surface area contributed by atoms with E-state index in [0.717, 1.165) is 34.6 Å². The van der Waals surface area contributed by atoms with E-state index in [-0.39, 0.29) is 23.2 Å². The summed E-state index contributed by atoms with van der Waals surface area (Å²) in [5, 5.41) is 32.3. The highest BCUT2D eigenvalue weighted by molar-refractivity contribution is 7.99. The summed E-state index contributed by atoms with van der Waals surface area (Å²) < 4.78 is 1.76. The second-order valence-electron chi connectivity index (χ2n) is 6.97. The zero-order chi connectivity index (χ0) is 21.1. The third-order valence-electron chi connectivity index (χ3n) is 5.04. The van der Waals surface area contributed by atoms with E-state index >= 15 is 0 Å². The van der Waals surface area contributed by atoms with Gasteiger partial charge in [-0.05, 0) is 24.3 Å². The van der Waals surface area contributed by atoms with E-state index in [2.05, 4.69) is 10.6 Å². The lowest BCUT2D eigenvalue weighted by molar-refractivity contribution is 0.322. The number of thioether (sulfide) groups is 1. The third-order valence-corrected chi connectivity index (χ3v) is 6.00. The van der Waals surface area contributed by atoms with Gasteiger partial charge in [0.1, 0.15) is 5.75 Å². The van der Waals surface area contributed by atoms with Crippen LogP contribution in [0.3, 0.4) is 0 Å². The Bertz CT molecular complexity index is 1230. The maximum absolute atomic E-state index is 13.4. The lowest BCUT2D eigenvalue weighted by Gasteiger charge is -2.11. The molecular weight excluding hydrogens is 402 g/mol. The summed E-state index contributed by atoms with van der Waals surface area (Å²) in [6.07, 6.45) is 0. The molecule has 6 N–H and O–H groups in total. The Morgan fingerprint density at radius 1 is 1.13 bits per heavy atom. The molecule has 2 aromatic carbocycles. The minimum absolute atomic E-state index is 0.0546. The molecule has 2 heterocycles. The Hall–Kier alpha value is -2.59. The van der Waals surface area contributed by atoms with Crippen molar-refractivity contribution in [2.24, 2.45) is 5.73 Å². The summed E-state index contributed by atoms with van der Waals surface area (Å²) >= 11 is 1.69. The van der Waals surface area contributed by atoms with Crippen LogP contribution in [0.4, 0.5) is 5.69 Å². The van der Waals surface area contributed by atoms with Gasteiger partial charge in [0.15, 0.2) is 0 Å². The fourth-order valence-corrected chi connectivity index (χ4v) is 4.36. The van der Waals surface area contributed by atoms with Crippen LogP contribution in [0.15, 0.2) is 35.1 Å². The molecule has 2 aromatic heterocycles. The van der Waals surface area contributed by atoms with E-state index in [4.69, 9.17) is 15.9 Å². The van der Waals surface area contributed by atoms with Crippen LogP contribution in [0.2, 0.25) is 0 Å². The quantitative estimate of drug-likeness (QED) is 0.190. The number of anilines is 1. The van der Waals surface area contributed by atoms with Gasteiger partial charge in [0.05, 0.1) is 34.1 Å². The van der Waals surface area contributed by atoms with Gasteiger partial charge in [0.2, 0.25) is 5.43 Å². The van der Waals surface area contributed by atoms with Crippen LogP contribution in [0.25, 0.3) is 27.2 Å². The first-order valence-corrected chi connectivity index (χ1v) is 11.1. The average molecular weight is 428 g/mol. The predicted molar refractivity (Wildman–Crippen MR) is 123 cm³/mol. The number of aromatic hydroxyl groups is 1. The summed E-state index contributed by atoms with van der Waals surface area (Å²) in [6.45, 7) is 2.51. The lowest BCUT2D eigenvalue weighted by Crippen LogP contribution is -2.17. The molecule has 4 aromatic rings. The van der Waals surface area contributed by atoms with Crippen LogP contribution >= 0.6 is 11.8 Å². The van der Waals surface area contributed by atoms with Crippen molar-refractivity contribution in [2.75, 3.05) is 43.1 Å². The Labute approximate surface area is 177 Å². The molecule has 4 rings (SSSR count). The minimum atomic E-state index is -0.222. The van der Waals surface area contributed by atoms with Crippen LogP contribution in [0, 0.1) is 0 Å². The van der Waals surface area contributed by atoms with Gasteiger partial charge in [-0.1, -0.05) is 6.07 Å². The highest BCUT2D eigenvalue weighted by Gasteiger charge is 2.21. The van der Waals surface area contributed by atoms with Crippen molar-refractivity contribution >= 4 is 44.6 Å². The number of aromatic nitrogens is 2. The number of hydrogen-bond acceptors (Lipinski definition) is 8. The molecule has 0 spiro atoms. The number of rotatable bonds is 10. The first-order valence-electron chi connectivity index (χ1n) is 9.92. The van der Waals surface area contributed by atoms with Gasteiger partial charge < -0.3 is 26.6 Å². The Morgan fingerprint density at radius 2 is 2.00 bits per heavy atom. The van der Waals surface area contributed by atoms with Crippen molar-refractivity contribution in [3.63, 3.8) is 0 Å². The molecule has 0 amide bonds. The second kappa shape index (κ2) is 9.05. The topological polar surface area (TPSA) is 125 Å². The number of nitrogens with one attached hydrogen (secondary N) is 2. The van der Waals surface area contributed by atoms with Gasteiger partial charge in [-0.2, -0.15) is 16.9 Å². The normalized spacial score (nSPS) is 11.8. The van der Waals surface area contributed by atoms with Crippen molar-refractivity contribution in [1.82, 2.24) is 14.9 Å². The van der Waals surface area contributed by atoms with E-state index < -0.39 is 0 Å². The lowest BCUT2D eigenvalue weighted by atomic mass is 10.0. The van der Waals surface area contributed by atoms with E-state index in [1.165, 1.54) is 6.07 Å². The molecule has 0 saturated carbocycles. The monoisotopic (exact) mass is 427 g/mol. The van der Waals surface area contributed by atoms with E-state index in [0.29, 0.717) is 36.2 Å². The average Bonchev–Trinajstić information content (AvgIpc) is 3.12. The van der Waals surface area contributed by atoms with Gasteiger partial charge in [0, 0.05) is 48.8 Å². The smallest absolute Gasteiger partial charge is 0.203 e. The number of benzene rings is 2. The number of fused-ring (bicyclic) bond motifs is 2. The first-order chi connectivity index (χ1) is 14.7. The van der Waals surface area contributed by atoms with Crippen LogP contribution in [0.1, 0.15) is 5.69 Å². The summed E-state index contributed by atoms with van der Waals surface area (Å²) in [6, 6.07) is 8.88. The second-order valence-corrected chi connectivity index (χ2v) is 8.20. The fourth-order valence-electron chi connectivity index (χ4n) is 3.74. The number of phenols is 1. The summed E-state index contributed by atoms with van der Waals surface area (Å²) in [4.78, 5) is 13.4. The molecule has 0 aliphatic carbocycles. The molecule has 9 heteroatoms. The number of phenolic OH excluding ortho intramolecular Hbond substituents is 1. The summed E-state index contributed by atoms with van der Waals surface area (Å²) in [7, 11) is 0. The molecule has 0 saturated heterocycles. The number of nitrogens with zero attached hydrogens (tertiary/aromatic N) is 2. The van der Waals surface area contributed by atoms with Gasteiger partial charge in [-0.3, -0.25) is 4.79 Å². The highest BCUT2D eigenvalue weighted by Crippen LogP contribution is 2.33. The maximum Gasteiger partial charge on any atom is 0.203 e. The number of nitrogens with two attached hydrogens (primary N) is 1. The van der Waals surface area contributed by atoms with Gasteiger partial charge in [-0.15, -0.1) is 0 Å². The SMILES string of the molecule is NCCNc1ccc2c(CNCCSCCO)nn3c4cccc(O)c4c(=O)c1c23. The molecule has 0 aliphatic rings. The molecule has 0 atom stereocenters. The number of pyridine rings is 1. The summed E-state index contributed by atoms with van der Waals surface area (Å²) in [5.74, 6) is 1.57. The molecular formula is C21H25N5O3S. The zero-order valence-corrected chi connectivity index (χ0v) is 17.3. The van der Waals surface area contributed by atoms with Crippen molar-refractivity contribution in [3.05, 3.63) is 46.2 Å². The van der Waals surface area contributed by atoms with Crippen LogP contribution in [0.5, 0.6) is 5.75 Å². The Balaban J connectivity index is 1.83. The van der Waals surface area contributed by atoms with Crippen molar-refractivity contribution in [2.45, 2.75) is 6.54 Å². The van der Waals surface area contributed by atoms with Crippen LogP contribution in [-0.4, -0.2) is 57.6 Å². The number of aliphatic hydroxyl groups is 1. The van der Waals surface area contributed by atoms with Crippen LogP contribution in [-0.2, 0) is 6.54 Å². The number of hydrogen-bond donors (Lipinski definition) is 5. The molecule has 158 valence electrons. The van der Waals surface area contributed by atoms with Crippen molar-refractivity contribution < 1.29 is 10.2 Å². The Morgan fingerprint density at radius 3 is 2.80 bits per heavy atom. The molecule has 8 nitrogen and oxygen atoms in total. The third kappa shape index (κ3) is 3.65. The molecule has 30 heavy (non-hydrogen) atoms. The minimum Gasteiger partial charge on any atom is -0.507 e. The first kappa shape index (κ1) is 20.7.